The molecule has 1 saturated carbocycles. The molecule has 4 aromatic rings. The van der Waals surface area contributed by atoms with Crippen LogP contribution >= 0.6 is 7.59 Å². The van der Waals surface area contributed by atoms with Gasteiger partial charge in [-0.3, -0.25) is 24.1 Å². The first kappa shape index (κ1) is 38.5. The summed E-state index contributed by atoms with van der Waals surface area (Å²) >= 11 is 0. The number of amides is 3. The molecular weight excluding hydrogens is 709 g/mol. The van der Waals surface area contributed by atoms with Crippen molar-refractivity contribution >= 4 is 25.5 Å². The monoisotopic (exact) mass is 761 g/mol. The van der Waals surface area contributed by atoms with E-state index in [1.165, 1.54) is 4.90 Å². The average molecular weight is 762 g/mol. The number of benzene rings is 4. The van der Waals surface area contributed by atoms with Crippen LogP contribution < -0.4 is 10.4 Å². The highest BCUT2D eigenvalue weighted by Gasteiger charge is 2.59. The Bertz CT molecular complexity index is 1890. The van der Waals surface area contributed by atoms with E-state index in [2.05, 4.69) is 57.9 Å². The van der Waals surface area contributed by atoms with Crippen LogP contribution in [0.15, 0.2) is 121 Å². The van der Waals surface area contributed by atoms with Crippen LogP contribution in [0.3, 0.4) is 0 Å². The number of hydrogen-bond acceptors (Lipinski definition) is 5. The Morgan fingerprint density at radius 3 is 1.71 bits per heavy atom. The van der Waals surface area contributed by atoms with Crippen LogP contribution in [0.4, 0.5) is 4.79 Å². The van der Waals surface area contributed by atoms with Crippen LogP contribution in [-0.4, -0.2) is 62.9 Å². The first-order chi connectivity index (χ1) is 26.7. The second kappa shape index (κ2) is 17.4. The van der Waals surface area contributed by atoms with Gasteiger partial charge in [0, 0.05) is 37.1 Å². The van der Waals surface area contributed by atoms with Gasteiger partial charge in [-0.1, -0.05) is 134 Å². The first-order valence-corrected chi connectivity index (χ1v) is 21.3. The zero-order valence-corrected chi connectivity index (χ0v) is 32.6. The summed E-state index contributed by atoms with van der Waals surface area (Å²) in [6.45, 7) is 4.62. The number of rotatable bonds is 12. The van der Waals surface area contributed by atoms with E-state index in [4.69, 9.17) is 4.74 Å². The summed E-state index contributed by atoms with van der Waals surface area (Å²) in [4.78, 5) is 43.8. The van der Waals surface area contributed by atoms with Crippen molar-refractivity contribution in [3.8, 4) is 0 Å². The van der Waals surface area contributed by atoms with Gasteiger partial charge in [0.25, 0.3) is 0 Å². The second-order valence-electron chi connectivity index (χ2n) is 15.0. The van der Waals surface area contributed by atoms with E-state index in [-0.39, 0.29) is 37.2 Å². The van der Waals surface area contributed by atoms with Crippen molar-refractivity contribution in [1.82, 2.24) is 24.6 Å². The van der Waals surface area contributed by atoms with Crippen LogP contribution in [0.2, 0.25) is 0 Å². The van der Waals surface area contributed by atoms with Crippen molar-refractivity contribution in [2.75, 3.05) is 6.54 Å². The van der Waals surface area contributed by atoms with Crippen LogP contribution in [-0.2, 0) is 31.9 Å². The average Bonchev–Trinajstić information content (AvgIpc) is 3.81. The lowest BCUT2D eigenvalue weighted by atomic mass is 9.88. The molecule has 0 unspecified atom stereocenters. The topological polar surface area (TPSA) is 111 Å². The molecule has 2 N–H and O–H groups in total. The predicted molar refractivity (Wildman–Crippen MR) is 214 cm³/mol. The van der Waals surface area contributed by atoms with Gasteiger partial charge < -0.3 is 10.1 Å². The van der Waals surface area contributed by atoms with Crippen LogP contribution in [0.25, 0.3) is 0 Å². The molecule has 2 saturated heterocycles. The summed E-state index contributed by atoms with van der Waals surface area (Å²) in [7, 11) is -3.86. The van der Waals surface area contributed by atoms with Gasteiger partial charge in [0.1, 0.15) is 18.7 Å². The molecule has 10 nitrogen and oxygen atoms in total. The molecule has 0 bridgehead atoms. The largest absolute Gasteiger partial charge is 0.445 e. The van der Waals surface area contributed by atoms with Gasteiger partial charge in [-0.25, -0.2) is 14.1 Å². The van der Waals surface area contributed by atoms with Crippen LogP contribution in [0.1, 0.15) is 86.7 Å². The molecule has 288 valence electrons. The standard InChI is InChI=1S/C44H52N5O5P/c1-32(36-22-11-5-12-23-36)48-39-26-15-16-27-40(39)49(33(2)37-24-13-6-14-25-37)55(48,53)46-42(50)38(30-34-18-7-3-8-19-34)45-43(51)41-28-17-29-47(41)44(52)54-31-35-20-9-4-10-21-35/h3-14,18-25,32-33,38-41H,15-17,26-31H2,1-2H3,(H,45,51)(H,46,50,53)/t32-,33-,38+,39-,40-,41+/m1/s1. The maximum absolute atomic E-state index is 16.2. The fraction of sp³-hybridized carbons (Fsp3) is 0.386. The van der Waals surface area contributed by atoms with E-state index in [1.807, 2.05) is 97.1 Å². The Balaban J connectivity index is 1.19. The normalized spacial score (nSPS) is 22.6. The maximum atomic E-state index is 16.2. The van der Waals surface area contributed by atoms with Crippen LogP contribution in [0, 0.1) is 0 Å². The van der Waals surface area contributed by atoms with E-state index in [1.54, 1.807) is 0 Å². The third kappa shape index (κ3) is 8.42. The van der Waals surface area contributed by atoms with E-state index >= 15 is 4.57 Å². The highest BCUT2D eigenvalue weighted by Crippen LogP contribution is 2.66. The summed E-state index contributed by atoms with van der Waals surface area (Å²) < 4.78 is 26.0. The Kier molecular flexibility index (Phi) is 12.2. The number of hydrogen-bond donors (Lipinski definition) is 2. The molecule has 0 radical (unpaired) electrons. The van der Waals surface area contributed by atoms with Crippen molar-refractivity contribution in [2.24, 2.45) is 0 Å². The number of fused-ring (bicyclic) bond motifs is 1. The van der Waals surface area contributed by atoms with Gasteiger partial charge in [0.15, 0.2) is 0 Å². The molecule has 3 aliphatic rings. The number of carbonyl (C=O) groups is 3. The number of nitrogens with zero attached hydrogens (tertiary/aromatic N) is 3. The highest BCUT2D eigenvalue weighted by molar-refractivity contribution is 7.58. The van der Waals surface area contributed by atoms with E-state index < -0.39 is 37.6 Å². The third-order valence-electron chi connectivity index (χ3n) is 11.5. The number of likely N-dealkylation sites (tertiary alicyclic amines) is 1. The molecule has 3 amide bonds. The summed E-state index contributed by atoms with van der Waals surface area (Å²) in [5.41, 5.74) is 3.73. The lowest BCUT2D eigenvalue weighted by Crippen LogP contribution is -2.54. The zero-order chi connectivity index (χ0) is 38.4. The summed E-state index contributed by atoms with van der Waals surface area (Å²) in [5, 5.41) is 6.16. The molecular formula is C44H52N5O5P. The zero-order valence-electron chi connectivity index (χ0n) is 31.7. The molecule has 2 heterocycles. The smallest absolute Gasteiger partial charge is 0.410 e. The fourth-order valence-corrected chi connectivity index (χ4v) is 12.2. The molecule has 6 atom stereocenters. The van der Waals surface area contributed by atoms with Gasteiger partial charge in [-0.05, 0) is 61.8 Å². The minimum Gasteiger partial charge on any atom is -0.445 e. The Morgan fingerprint density at radius 2 is 1.18 bits per heavy atom. The third-order valence-corrected chi connectivity index (χ3v) is 14.6. The summed E-state index contributed by atoms with van der Waals surface area (Å²) in [6, 6.07) is 36.5. The first-order valence-electron chi connectivity index (χ1n) is 19.7. The number of carbonyl (C=O) groups excluding carboxylic acids is 3. The molecule has 7 rings (SSSR count). The van der Waals surface area contributed by atoms with E-state index in [0.29, 0.717) is 19.4 Å². The molecule has 4 aromatic carbocycles. The fourth-order valence-electron chi connectivity index (χ4n) is 8.77. The summed E-state index contributed by atoms with van der Waals surface area (Å²) in [5.74, 6) is -0.960. The van der Waals surface area contributed by atoms with E-state index in [9.17, 15) is 14.4 Å². The van der Waals surface area contributed by atoms with Gasteiger partial charge in [-0.2, -0.15) is 0 Å². The Morgan fingerprint density at radius 1 is 0.691 bits per heavy atom. The lowest BCUT2D eigenvalue weighted by molar-refractivity contribution is -0.130. The maximum Gasteiger partial charge on any atom is 0.410 e. The van der Waals surface area contributed by atoms with Crippen molar-refractivity contribution < 1.29 is 23.7 Å². The molecule has 1 aliphatic carbocycles. The molecule has 55 heavy (non-hydrogen) atoms. The molecule has 0 aromatic heterocycles. The van der Waals surface area contributed by atoms with Gasteiger partial charge in [0.2, 0.25) is 11.8 Å². The van der Waals surface area contributed by atoms with Gasteiger partial charge >= 0.3 is 13.7 Å². The van der Waals surface area contributed by atoms with E-state index in [0.717, 1.165) is 47.9 Å². The molecule has 11 heteroatoms. The Hall–Kier alpha value is -4.76. The van der Waals surface area contributed by atoms with Gasteiger partial charge in [0.05, 0.1) is 0 Å². The van der Waals surface area contributed by atoms with Crippen molar-refractivity contribution in [3.63, 3.8) is 0 Å². The van der Waals surface area contributed by atoms with Crippen molar-refractivity contribution in [2.45, 2.75) is 102 Å². The number of nitrogens with one attached hydrogen (secondary N) is 2. The quantitative estimate of drug-likeness (QED) is 0.140. The number of ether oxygens (including phenoxy) is 1. The minimum absolute atomic E-state index is 0.0441. The second-order valence-corrected chi connectivity index (χ2v) is 17.3. The minimum atomic E-state index is -3.86. The lowest BCUT2D eigenvalue weighted by Gasteiger charge is -2.39. The summed E-state index contributed by atoms with van der Waals surface area (Å²) in [6.07, 6.45) is 4.43. The van der Waals surface area contributed by atoms with Crippen LogP contribution in [0.5, 0.6) is 0 Å². The Labute approximate surface area is 324 Å². The van der Waals surface area contributed by atoms with Crippen molar-refractivity contribution in [3.05, 3.63) is 144 Å². The molecule has 3 fully saturated rings. The van der Waals surface area contributed by atoms with Gasteiger partial charge in [-0.15, -0.1) is 0 Å². The van der Waals surface area contributed by atoms with Crippen molar-refractivity contribution in [1.29, 1.82) is 0 Å². The molecule has 0 spiro atoms. The predicted octanol–water partition coefficient (Wildman–Crippen LogP) is 8.19. The highest BCUT2D eigenvalue weighted by atomic mass is 31.2. The SMILES string of the molecule is C[C@H](c1ccccc1)N1[C@@H]2CCCC[C@H]2N([C@H](C)c2ccccc2)P1(=O)NC(=O)[C@H](Cc1ccccc1)NC(=O)[C@@H]1CCCN1C(=O)OCc1ccccc1. The molecule has 2 aliphatic heterocycles.